The summed E-state index contributed by atoms with van der Waals surface area (Å²) in [6, 6.07) is 6.25. The first kappa shape index (κ1) is 12.8. The molecule has 1 aromatic carbocycles. The van der Waals surface area contributed by atoms with Gasteiger partial charge in [-0.25, -0.2) is 0 Å². The van der Waals surface area contributed by atoms with Gasteiger partial charge in [-0.3, -0.25) is 4.90 Å². The van der Waals surface area contributed by atoms with Gasteiger partial charge in [-0.15, -0.1) is 11.8 Å². The second-order valence-electron chi connectivity index (χ2n) is 5.89. The lowest BCUT2D eigenvalue weighted by molar-refractivity contribution is 0.0631. The lowest BCUT2D eigenvalue weighted by atomic mass is 9.92. The zero-order valence-electron chi connectivity index (χ0n) is 11.6. The minimum absolute atomic E-state index is 0.348. The third kappa shape index (κ3) is 2.18. The van der Waals surface area contributed by atoms with E-state index < -0.39 is 0 Å². The van der Waals surface area contributed by atoms with Gasteiger partial charge in [-0.2, -0.15) is 0 Å². The second kappa shape index (κ2) is 4.83. The van der Waals surface area contributed by atoms with Crippen molar-refractivity contribution in [2.24, 2.45) is 0 Å². The smallest absolute Gasteiger partial charge is 0.231 e. The second-order valence-corrected chi connectivity index (χ2v) is 7.38. The maximum Gasteiger partial charge on any atom is 0.231 e. The Morgan fingerprint density at radius 2 is 2.20 bits per heavy atom. The average molecular weight is 293 g/mol. The van der Waals surface area contributed by atoms with Crippen LogP contribution in [0.15, 0.2) is 18.2 Å². The van der Waals surface area contributed by atoms with Gasteiger partial charge in [-0.05, 0) is 24.1 Å². The normalized spacial score (nSPS) is 26.9. The van der Waals surface area contributed by atoms with Crippen molar-refractivity contribution in [1.29, 1.82) is 0 Å². The zero-order valence-corrected chi connectivity index (χ0v) is 12.4. The van der Waals surface area contributed by atoms with E-state index >= 15 is 0 Å². The number of fused-ring (bicyclic) bond motifs is 1. The highest BCUT2D eigenvalue weighted by Gasteiger charge is 2.48. The number of nitrogens with zero attached hydrogens (tertiary/aromatic N) is 1. The number of rotatable bonds is 3. The molecule has 0 radical (unpaired) electrons. The molecule has 0 aromatic heterocycles. The van der Waals surface area contributed by atoms with Gasteiger partial charge in [0, 0.05) is 37.2 Å². The van der Waals surface area contributed by atoms with Crippen molar-refractivity contribution in [3.63, 3.8) is 0 Å². The summed E-state index contributed by atoms with van der Waals surface area (Å²) in [5, 5.41) is 0. The predicted octanol–water partition coefficient (Wildman–Crippen LogP) is 2.12. The standard InChI is InChI=1S/C15H19NO3S/c1-17-12-5-15(20-7-12)8-16(9-15)6-11-2-3-13-14(4-11)19-10-18-13/h2-4,12H,5-10H2,1H3/t12-/m1/s1. The topological polar surface area (TPSA) is 30.9 Å². The lowest BCUT2D eigenvalue weighted by Crippen LogP contribution is -2.58. The number of methoxy groups -OCH3 is 1. The van der Waals surface area contributed by atoms with Crippen LogP contribution in [0.1, 0.15) is 12.0 Å². The van der Waals surface area contributed by atoms with Crippen molar-refractivity contribution >= 4 is 11.8 Å². The van der Waals surface area contributed by atoms with Crippen LogP contribution in [0.4, 0.5) is 0 Å². The van der Waals surface area contributed by atoms with Gasteiger partial charge < -0.3 is 14.2 Å². The summed E-state index contributed by atoms with van der Waals surface area (Å²) in [5.41, 5.74) is 1.30. The predicted molar refractivity (Wildman–Crippen MR) is 78.4 cm³/mol. The number of likely N-dealkylation sites (tertiary alicyclic amines) is 1. The highest BCUT2D eigenvalue weighted by atomic mass is 32.2. The maximum atomic E-state index is 5.48. The Hall–Kier alpha value is -0.910. The molecule has 0 bridgehead atoms. The Labute approximate surface area is 123 Å². The van der Waals surface area contributed by atoms with Gasteiger partial charge in [0.1, 0.15) is 0 Å². The number of thioether (sulfide) groups is 1. The molecule has 0 N–H and O–H groups in total. The van der Waals surface area contributed by atoms with E-state index in [1.165, 1.54) is 25.1 Å². The molecule has 0 amide bonds. The molecule has 1 spiro atoms. The number of ether oxygens (including phenoxy) is 3. The molecule has 4 rings (SSSR count). The van der Waals surface area contributed by atoms with Gasteiger partial charge in [0.2, 0.25) is 6.79 Å². The van der Waals surface area contributed by atoms with Crippen LogP contribution in [0.3, 0.4) is 0 Å². The molecule has 0 saturated carbocycles. The van der Waals surface area contributed by atoms with E-state index in [9.17, 15) is 0 Å². The van der Waals surface area contributed by atoms with Crippen molar-refractivity contribution in [3.05, 3.63) is 23.8 Å². The Balaban J connectivity index is 1.36. The quantitative estimate of drug-likeness (QED) is 0.852. The molecule has 3 aliphatic rings. The summed E-state index contributed by atoms with van der Waals surface area (Å²) < 4.78 is 16.7. The Morgan fingerprint density at radius 3 is 3.00 bits per heavy atom. The first-order valence-corrected chi connectivity index (χ1v) is 8.03. The molecular weight excluding hydrogens is 274 g/mol. The molecule has 4 nitrogen and oxygen atoms in total. The molecule has 0 aliphatic carbocycles. The van der Waals surface area contributed by atoms with Crippen molar-refractivity contribution < 1.29 is 14.2 Å². The van der Waals surface area contributed by atoms with Gasteiger partial charge in [0.05, 0.1) is 6.10 Å². The Bertz CT molecular complexity index is 516. The molecule has 2 saturated heterocycles. The first-order chi connectivity index (χ1) is 9.76. The van der Waals surface area contributed by atoms with E-state index in [0.717, 1.165) is 23.8 Å². The van der Waals surface area contributed by atoms with E-state index in [4.69, 9.17) is 14.2 Å². The van der Waals surface area contributed by atoms with Crippen LogP contribution in [0, 0.1) is 0 Å². The number of hydrogen-bond acceptors (Lipinski definition) is 5. The van der Waals surface area contributed by atoms with Crippen LogP contribution in [-0.2, 0) is 11.3 Å². The monoisotopic (exact) mass is 293 g/mol. The molecule has 0 unspecified atom stereocenters. The van der Waals surface area contributed by atoms with Crippen LogP contribution < -0.4 is 9.47 Å². The van der Waals surface area contributed by atoms with Crippen LogP contribution >= 0.6 is 11.8 Å². The third-order valence-corrected chi connectivity index (χ3v) is 5.95. The minimum Gasteiger partial charge on any atom is -0.454 e. The van der Waals surface area contributed by atoms with E-state index in [1.807, 2.05) is 13.2 Å². The average Bonchev–Trinajstić information content (AvgIpc) is 3.03. The Kier molecular flexibility index (Phi) is 3.09. The van der Waals surface area contributed by atoms with Crippen LogP contribution in [0.5, 0.6) is 11.5 Å². The summed E-state index contributed by atoms with van der Waals surface area (Å²) in [6.45, 7) is 3.69. The molecule has 2 fully saturated rings. The van der Waals surface area contributed by atoms with Crippen molar-refractivity contribution in [3.8, 4) is 11.5 Å². The molecule has 108 valence electrons. The first-order valence-electron chi connectivity index (χ1n) is 7.04. The van der Waals surface area contributed by atoms with E-state index in [1.54, 1.807) is 0 Å². The van der Waals surface area contributed by atoms with Crippen molar-refractivity contribution in [2.75, 3.05) is 32.7 Å². The van der Waals surface area contributed by atoms with Crippen molar-refractivity contribution in [2.45, 2.75) is 23.8 Å². The van der Waals surface area contributed by atoms with Crippen molar-refractivity contribution in [1.82, 2.24) is 4.90 Å². The lowest BCUT2D eigenvalue weighted by Gasteiger charge is -2.47. The van der Waals surface area contributed by atoms with Gasteiger partial charge >= 0.3 is 0 Å². The third-order valence-electron chi connectivity index (χ3n) is 4.38. The summed E-state index contributed by atoms with van der Waals surface area (Å²) in [6.07, 6.45) is 1.65. The van der Waals surface area contributed by atoms with Gasteiger partial charge in [0.15, 0.2) is 11.5 Å². The van der Waals surface area contributed by atoms with Gasteiger partial charge in [0.25, 0.3) is 0 Å². The van der Waals surface area contributed by atoms with E-state index in [0.29, 0.717) is 17.6 Å². The van der Waals surface area contributed by atoms with Gasteiger partial charge in [-0.1, -0.05) is 6.07 Å². The number of hydrogen-bond donors (Lipinski definition) is 0. The minimum atomic E-state index is 0.348. The zero-order chi connectivity index (χ0) is 13.6. The molecule has 1 atom stereocenters. The summed E-state index contributed by atoms with van der Waals surface area (Å²) in [4.78, 5) is 2.50. The van der Waals surface area contributed by atoms with Crippen LogP contribution in [-0.4, -0.2) is 48.5 Å². The Morgan fingerprint density at radius 1 is 1.35 bits per heavy atom. The fourth-order valence-electron chi connectivity index (χ4n) is 3.35. The molecule has 3 heterocycles. The van der Waals surface area contributed by atoms with Crippen LogP contribution in [0.2, 0.25) is 0 Å². The molecular formula is C15H19NO3S. The SMILES string of the molecule is CO[C@H]1CSC2(C1)CN(Cc1ccc3c(c1)OCO3)C2. The number of benzene rings is 1. The molecule has 20 heavy (non-hydrogen) atoms. The van der Waals surface area contributed by atoms with E-state index in [-0.39, 0.29) is 0 Å². The molecule has 5 heteroatoms. The molecule has 1 aromatic rings. The summed E-state index contributed by atoms with van der Waals surface area (Å²) >= 11 is 2.09. The molecule has 3 aliphatic heterocycles. The summed E-state index contributed by atoms with van der Waals surface area (Å²) in [7, 11) is 1.83. The highest BCUT2D eigenvalue weighted by molar-refractivity contribution is 8.01. The fourth-order valence-corrected chi connectivity index (χ4v) is 5.00. The maximum absolute atomic E-state index is 5.48. The van der Waals surface area contributed by atoms with E-state index in [2.05, 4.69) is 28.8 Å². The summed E-state index contributed by atoms with van der Waals surface area (Å²) in [5.74, 6) is 2.89. The van der Waals surface area contributed by atoms with Crippen LogP contribution in [0.25, 0.3) is 0 Å². The largest absolute Gasteiger partial charge is 0.454 e. The fraction of sp³-hybridized carbons (Fsp3) is 0.600. The highest BCUT2D eigenvalue weighted by Crippen LogP contribution is 2.46.